The monoisotopic (exact) mass is 332 g/mol. The summed E-state index contributed by atoms with van der Waals surface area (Å²) in [5, 5.41) is 0.499. The molecule has 6 heteroatoms. The van der Waals surface area contributed by atoms with Gasteiger partial charge < -0.3 is 14.3 Å². The van der Waals surface area contributed by atoms with Crippen LogP contribution in [0.5, 0.6) is 0 Å². The normalized spacial score (nSPS) is 20.7. The SMILES string of the molecule is [C-]#[N+]C1C(C)=NC(COC)=C(C(=O)OC)C1c1ccccc1Cl. The molecule has 1 aromatic carbocycles. The molecule has 5 nitrogen and oxygen atoms in total. The molecule has 0 radical (unpaired) electrons. The number of carbonyl (C=O) groups excluding carboxylic acids is 1. The summed E-state index contributed by atoms with van der Waals surface area (Å²) in [4.78, 5) is 20.4. The summed E-state index contributed by atoms with van der Waals surface area (Å²) in [6.07, 6.45) is 0. The Kier molecular flexibility index (Phi) is 5.54. The minimum atomic E-state index is -0.607. The van der Waals surface area contributed by atoms with E-state index in [9.17, 15) is 4.79 Å². The zero-order valence-corrected chi connectivity index (χ0v) is 13.9. The van der Waals surface area contributed by atoms with Crippen LogP contribution >= 0.6 is 11.6 Å². The van der Waals surface area contributed by atoms with Crippen molar-refractivity contribution in [3.63, 3.8) is 0 Å². The first-order valence-corrected chi connectivity index (χ1v) is 7.39. The number of methoxy groups -OCH3 is 2. The van der Waals surface area contributed by atoms with Gasteiger partial charge >= 0.3 is 5.97 Å². The van der Waals surface area contributed by atoms with E-state index in [1.54, 1.807) is 19.1 Å². The van der Waals surface area contributed by atoms with Crippen LogP contribution in [0.25, 0.3) is 4.85 Å². The predicted octanol–water partition coefficient (Wildman–Crippen LogP) is 3.26. The van der Waals surface area contributed by atoms with Gasteiger partial charge in [0.15, 0.2) is 0 Å². The second-order valence-electron chi connectivity index (χ2n) is 5.11. The quantitative estimate of drug-likeness (QED) is 0.628. The third-order valence-corrected chi connectivity index (χ3v) is 4.09. The first kappa shape index (κ1) is 17.2. The Morgan fingerprint density at radius 3 is 2.65 bits per heavy atom. The van der Waals surface area contributed by atoms with E-state index in [0.717, 1.165) is 0 Å². The van der Waals surface area contributed by atoms with Crippen LogP contribution in [0.15, 0.2) is 40.5 Å². The highest BCUT2D eigenvalue weighted by Crippen LogP contribution is 2.40. The van der Waals surface area contributed by atoms with Crippen molar-refractivity contribution < 1.29 is 14.3 Å². The molecule has 1 heterocycles. The summed E-state index contributed by atoms with van der Waals surface area (Å²) >= 11 is 6.32. The number of rotatable bonds is 4. The molecule has 0 bridgehead atoms. The van der Waals surface area contributed by atoms with Gasteiger partial charge in [-0.3, -0.25) is 4.99 Å². The Bertz CT molecular complexity index is 719. The van der Waals surface area contributed by atoms with Crippen molar-refractivity contribution in [2.75, 3.05) is 20.8 Å². The second-order valence-corrected chi connectivity index (χ2v) is 5.52. The molecule has 2 rings (SSSR count). The number of esters is 1. The molecule has 0 aliphatic carbocycles. The third kappa shape index (κ3) is 3.29. The first-order valence-electron chi connectivity index (χ1n) is 7.01. The summed E-state index contributed by atoms with van der Waals surface area (Å²) in [5.41, 5.74) is 2.14. The van der Waals surface area contributed by atoms with Gasteiger partial charge in [-0.15, -0.1) is 0 Å². The average Bonchev–Trinajstić information content (AvgIpc) is 2.54. The Morgan fingerprint density at radius 1 is 1.39 bits per heavy atom. The summed E-state index contributed by atoms with van der Waals surface area (Å²) < 4.78 is 10.1. The van der Waals surface area contributed by atoms with Crippen molar-refractivity contribution in [2.24, 2.45) is 4.99 Å². The van der Waals surface area contributed by atoms with Crippen LogP contribution in [0.4, 0.5) is 0 Å². The van der Waals surface area contributed by atoms with Gasteiger partial charge in [0.25, 0.3) is 6.04 Å². The van der Waals surface area contributed by atoms with Crippen LogP contribution in [-0.2, 0) is 14.3 Å². The maximum Gasteiger partial charge on any atom is 0.336 e. The summed E-state index contributed by atoms with van der Waals surface area (Å²) in [6.45, 7) is 9.46. The third-order valence-electron chi connectivity index (χ3n) is 3.74. The zero-order chi connectivity index (χ0) is 17.0. The number of ether oxygens (including phenoxy) is 2. The molecule has 0 spiro atoms. The van der Waals surface area contributed by atoms with E-state index < -0.39 is 17.9 Å². The van der Waals surface area contributed by atoms with E-state index in [-0.39, 0.29) is 6.61 Å². The molecular formula is C17H17ClN2O3. The van der Waals surface area contributed by atoms with Gasteiger partial charge in [-0.1, -0.05) is 29.8 Å². The van der Waals surface area contributed by atoms with Crippen molar-refractivity contribution in [1.82, 2.24) is 0 Å². The molecule has 23 heavy (non-hydrogen) atoms. The lowest BCUT2D eigenvalue weighted by Crippen LogP contribution is -2.33. The van der Waals surface area contributed by atoms with Gasteiger partial charge in [0.1, 0.15) is 5.92 Å². The fourth-order valence-electron chi connectivity index (χ4n) is 2.74. The lowest BCUT2D eigenvalue weighted by molar-refractivity contribution is -0.136. The highest BCUT2D eigenvalue weighted by molar-refractivity contribution is 6.31. The average molecular weight is 333 g/mol. The smallest absolute Gasteiger partial charge is 0.336 e. The number of benzene rings is 1. The maximum atomic E-state index is 12.4. The van der Waals surface area contributed by atoms with Crippen LogP contribution in [-0.4, -0.2) is 38.5 Å². The molecule has 1 aliphatic rings. The molecule has 2 unspecified atom stereocenters. The molecular weight excluding hydrogens is 316 g/mol. The number of aliphatic imine (C=N–C) groups is 1. The molecule has 1 aliphatic heterocycles. The van der Waals surface area contributed by atoms with Crippen molar-refractivity contribution in [3.05, 3.63) is 57.5 Å². The Labute approximate surface area is 140 Å². The van der Waals surface area contributed by atoms with E-state index in [2.05, 4.69) is 9.84 Å². The Morgan fingerprint density at radius 2 is 2.09 bits per heavy atom. The number of hydrogen-bond acceptors (Lipinski definition) is 4. The Balaban J connectivity index is 2.71. The molecule has 120 valence electrons. The van der Waals surface area contributed by atoms with Crippen molar-refractivity contribution in [2.45, 2.75) is 18.9 Å². The van der Waals surface area contributed by atoms with E-state index in [4.69, 9.17) is 27.6 Å². The molecule has 0 N–H and O–H groups in total. The number of carbonyl (C=O) groups is 1. The van der Waals surface area contributed by atoms with Crippen LogP contribution in [0.2, 0.25) is 5.02 Å². The predicted molar refractivity (Wildman–Crippen MR) is 88.6 cm³/mol. The van der Waals surface area contributed by atoms with Gasteiger partial charge in [-0.05, 0) is 18.6 Å². The van der Waals surface area contributed by atoms with Gasteiger partial charge in [-0.25, -0.2) is 11.4 Å². The van der Waals surface area contributed by atoms with Crippen LogP contribution in [0, 0.1) is 6.57 Å². The highest BCUT2D eigenvalue weighted by Gasteiger charge is 2.43. The van der Waals surface area contributed by atoms with E-state index >= 15 is 0 Å². The largest absolute Gasteiger partial charge is 0.466 e. The standard InChI is InChI=1S/C17H17ClN2O3/c1-10-16(19-2)14(11-7-5-6-8-12(11)18)15(17(21)23-4)13(20-10)9-22-3/h5-8,14,16H,9H2,1,3-4H3. The lowest BCUT2D eigenvalue weighted by atomic mass is 9.80. The molecule has 0 saturated heterocycles. The number of halogens is 1. The molecule has 2 atom stereocenters. The zero-order valence-electron chi connectivity index (χ0n) is 13.2. The highest BCUT2D eigenvalue weighted by atomic mass is 35.5. The summed E-state index contributed by atoms with van der Waals surface area (Å²) in [7, 11) is 2.83. The fourth-order valence-corrected chi connectivity index (χ4v) is 2.99. The van der Waals surface area contributed by atoms with Gasteiger partial charge in [0, 0.05) is 12.1 Å². The van der Waals surface area contributed by atoms with Gasteiger partial charge in [0.2, 0.25) is 0 Å². The van der Waals surface area contributed by atoms with E-state index in [0.29, 0.717) is 27.6 Å². The first-order chi connectivity index (χ1) is 11.0. The minimum Gasteiger partial charge on any atom is -0.466 e. The molecule has 0 aromatic heterocycles. The van der Waals surface area contributed by atoms with Crippen molar-refractivity contribution in [1.29, 1.82) is 0 Å². The minimum absolute atomic E-state index is 0.160. The van der Waals surface area contributed by atoms with Gasteiger partial charge in [-0.2, -0.15) is 0 Å². The maximum absolute atomic E-state index is 12.4. The number of hydrogen-bond donors (Lipinski definition) is 0. The molecule has 0 saturated carbocycles. The van der Waals surface area contributed by atoms with Crippen LogP contribution < -0.4 is 0 Å². The van der Waals surface area contributed by atoms with E-state index in [1.165, 1.54) is 14.2 Å². The van der Waals surface area contributed by atoms with Crippen molar-refractivity contribution >= 4 is 23.3 Å². The van der Waals surface area contributed by atoms with E-state index in [1.807, 2.05) is 12.1 Å². The number of nitrogens with zero attached hydrogens (tertiary/aromatic N) is 2. The molecule has 0 amide bonds. The lowest BCUT2D eigenvalue weighted by Gasteiger charge is -2.27. The Hall–Kier alpha value is -2.16. The van der Waals surface area contributed by atoms with Crippen molar-refractivity contribution in [3.8, 4) is 0 Å². The summed E-state index contributed by atoms with van der Waals surface area (Å²) in [6, 6.07) is 6.58. The summed E-state index contributed by atoms with van der Waals surface area (Å²) in [5.74, 6) is -1.05. The van der Waals surface area contributed by atoms with Crippen LogP contribution in [0.1, 0.15) is 18.4 Å². The molecule has 0 fully saturated rings. The van der Waals surface area contributed by atoms with Gasteiger partial charge in [0.05, 0.1) is 30.7 Å². The fraction of sp³-hybridized carbons (Fsp3) is 0.353. The second kappa shape index (κ2) is 7.40. The topological polar surface area (TPSA) is 52.2 Å². The van der Waals surface area contributed by atoms with Crippen LogP contribution in [0.3, 0.4) is 0 Å². The molecule has 1 aromatic rings.